The fourth-order valence-corrected chi connectivity index (χ4v) is 18.3. The standard InChI is InChI=1S/C34H46O.C23H20O.C12H17N.C10H15N.C5H10.2C4H4N.C3H6.Mo.W/c1-19(2)25-17-30(22(7)8)33(31(18-25)23(9)10)27-14-12-13-26(34(27)35)32-28(20(3)4)15-24(11)16-29(32)21(5)6;1-14-12-17-8-4-6-10-19(17)21(16(14)3)22-20-11-7-5-9-18(20)13-15(2)23(22)24;1-8(2)10-6-5-7-11(9(3)4)12(10)13;11-10-4-7-1-8(5-10)3-9(2-7)6-10;1-5(2,3)4;2*1-2-4-5-3-1;1-3-2;;/h12-23,35H,1-11H3;4-13,24H,1-3H3;5-9H,1-4H3;7-9H,1-6H2;1H,2-4H3;2*1-4H;1-3H2;;/q;;;;;2*-1;-2;;. The molecule has 8 aromatic carbocycles. The summed E-state index contributed by atoms with van der Waals surface area (Å²) in [4.78, 5) is 7.44. The zero-order chi connectivity index (χ0) is 75.6. The summed E-state index contributed by atoms with van der Waals surface area (Å²) in [6, 6.07) is 50.8. The predicted octanol–water partition coefficient (Wildman–Crippen LogP) is 27.6. The van der Waals surface area contributed by atoms with E-state index in [0.717, 1.165) is 62.8 Å². The van der Waals surface area contributed by atoms with Gasteiger partial charge in [-0.2, -0.15) is 24.8 Å². The molecule has 0 amide bonds. The van der Waals surface area contributed by atoms with Crippen LogP contribution >= 0.6 is 0 Å². The Morgan fingerprint density at radius 2 is 0.854 bits per heavy atom. The van der Waals surface area contributed by atoms with Crippen LogP contribution in [0.1, 0.15) is 265 Å². The minimum absolute atomic E-state index is 0.214. The van der Waals surface area contributed by atoms with E-state index in [1.54, 1.807) is 24.8 Å². The molecule has 2 aromatic heterocycles. The van der Waals surface area contributed by atoms with Crippen molar-refractivity contribution in [3.05, 3.63) is 245 Å². The molecule has 0 unspecified atom stereocenters. The summed E-state index contributed by atoms with van der Waals surface area (Å²) in [5.41, 5.74) is 22.6. The van der Waals surface area contributed by atoms with Gasteiger partial charge < -0.3 is 40.4 Å². The molecule has 0 aliphatic heterocycles. The van der Waals surface area contributed by atoms with E-state index in [0.29, 0.717) is 63.9 Å². The molecule has 0 saturated heterocycles. The number of rotatable bonds is 12. The van der Waals surface area contributed by atoms with E-state index in [1.807, 2.05) is 43.3 Å². The first kappa shape index (κ1) is 83.6. The van der Waals surface area contributed by atoms with Crippen LogP contribution in [0.2, 0.25) is 0 Å². The van der Waals surface area contributed by atoms with Crippen LogP contribution in [0, 0.1) is 64.7 Å². The number of hydrogen-bond acceptors (Lipinski definition) is 4. The Labute approximate surface area is 642 Å². The third-order valence-electron chi connectivity index (χ3n) is 20.3. The van der Waals surface area contributed by atoms with Crippen LogP contribution in [0.4, 0.5) is 5.69 Å². The van der Waals surface area contributed by atoms with E-state index in [-0.39, 0.29) is 17.9 Å². The maximum absolute atomic E-state index is 12.0. The number of aryl methyl sites for hydroxylation is 3. The predicted molar refractivity (Wildman–Crippen MR) is 437 cm³/mol. The third kappa shape index (κ3) is 22.0. The molecule has 4 aliphatic rings. The monoisotopic (exact) mass is 1630 g/mol. The topological polar surface area (TPSA) is 93.4 Å². The largest absolute Gasteiger partial charge is 0.670 e. The molecular weight excluding hydrogens is 1510 g/mol. The van der Waals surface area contributed by atoms with Crippen molar-refractivity contribution in [1.82, 2.24) is 9.97 Å². The van der Waals surface area contributed by atoms with Gasteiger partial charge in [0.25, 0.3) is 0 Å². The van der Waals surface area contributed by atoms with Crippen molar-refractivity contribution in [2.24, 2.45) is 30.2 Å². The van der Waals surface area contributed by atoms with Crippen LogP contribution < -0.4 is 9.97 Å². The normalized spacial score (nSPS) is 16.4. The van der Waals surface area contributed by atoms with Gasteiger partial charge in [-0.25, -0.2) is 0 Å². The van der Waals surface area contributed by atoms with Crippen LogP contribution in [0.25, 0.3) is 54.9 Å². The Morgan fingerprint density at radius 1 is 0.476 bits per heavy atom. The van der Waals surface area contributed by atoms with Gasteiger partial charge in [0.15, 0.2) is 0 Å². The van der Waals surface area contributed by atoms with Gasteiger partial charge in [-0.15, -0.1) is 0 Å². The van der Waals surface area contributed by atoms with Gasteiger partial charge in [0.1, 0.15) is 11.5 Å². The second-order valence-corrected chi connectivity index (χ2v) is 34.6. The fraction of sp³-hybridized carbons (Fsp3) is 0.421. The number of hydrogen-bond donors (Lipinski definition) is 2. The average Bonchev–Trinajstić information content (AvgIpc) is 1.13. The molecule has 2 N–H and O–H groups in total. The summed E-state index contributed by atoms with van der Waals surface area (Å²) in [5, 5.41) is 27.5. The molecule has 103 heavy (non-hydrogen) atoms. The minimum Gasteiger partial charge on any atom is -0.670 e. The van der Waals surface area contributed by atoms with Crippen molar-refractivity contribution in [3.8, 4) is 44.9 Å². The zero-order valence-electron chi connectivity index (χ0n) is 66.4. The Hall–Kier alpha value is -6.71. The first-order valence-corrected chi connectivity index (χ1v) is 41.4. The van der Waals surface area contributed by atoms with Crippen molar-refractivity contribution in [2.75, 3.05) is 0 Å². The molecule has 14 rings (SSSR count). The molecule has 6 nitrogen and oxygen atoms in total. The molecule has 0 atom stereocenters. The number of aromatic hydroxyl groups is 2. The second kappa shape index (κ2) is 38.5. The summed E-state index contributed by atoms with van der Waals surface area (Å²) in [5.74, 6) is 6.98. The number of phenolic OH excluding ortho intramolecular Hbond substituents is 2. The molecule has 8 heteroatoms. The van der Waals surface area contributed by atoms with E-state index in [4.69, 9.17) is 3.50 Å². The van der Waals surface area contributed by atoms with Crippen molar-refractivity contribution >= 4 is 31.6 Å². The van der Waals surface area contributed by atoms with Gasteiger partial charge in [-0.1, -0.05) is 196 Å². The molecule has 4 saturated carbocycles. The number of phenols is 2. The van der Waals surface area contributed by atoms with Crippen LogP contribution in [0.15, 0.2) is 177 Å². The molecule has 0 radical (unpaired) electrons. The quantitative estimate of drug-likeness (QED) is 0.0941. The SMILES string of the molecule is CC(C)(C)[CH]=[Mo]=[N]C12CC3CC(CC(C3)C1)C2.CC(C)c1cccc(C(C)C)c1[N]=[W].Cc1cc(C(C)C)c(-c2cccc(-c3c(C(C)C)cc(C(C)C)cc3C(C)C)c2O)c(C(C)C)c1.Cc1cc2ccccc2c(-c2c(O)c(C)cc3ccccc23)c1C.[CH2-]C[CH2-].c1cc[n-]c1.c1cc[n-]c1. The van der Waals surface area contributed by atoms with Crippen LogP contribution in [-0.2, 0) is 37.6 Å². The molecule has 4 aliphatic carbocycles. The van der Waals surface area contributed by atoms with Crippen LogP contribution in [-0.4, -0.2) is 20.2 Å². The first-order chi connectivity index (χ1) is 48.9. The Kier molecular flexibility index (Phi) is 31.3. The van der Waals surface area contributed by atoms with E-state index in [1.165, 1.54) is 141 Å². The Morgan fingerprint density at radius 3 is 1.22 bits per heavy atom. The summed E-state index contributed by atoms with van der Waals surface area (Å²) in [6.07, 6.45) is 16.7. The zero-order valence-corrected chi connectivity index (χ0v) is 71.3. The second-order valence-electron chi connectivity index (χ2n) is 32.4. The van der Waals surface area contributed by atoms with Gasteiger partial charge in [0, 0.05) is 16.7 Å². The van der Waals surface area contributed by atoms with Gasteiger partial charge in [-0.3, -0.25) is 0 Å². The van der Waals surface area contributed by atoms with Gasteiger partial charge in [0.05, 0.1) is 0 Å². The Balaban J connectivity index is 0.000000189. The maximum Gasteiger partial charge on any atom is 0.131 e. The number of fused-ring (bicyclic) bond motifs is 2. The summed E-state index contributed by atoms with van der Waals surface area (Å²) in [7, 11) is 0. The van der Waals surface area contributed by atoms with E-state index in [2.05, 4.69) is 279 Å². The molecule has 10 aromatic rings. The van der Waals surface area contributed by atoms with Gasteiger partial charge in [0.2, 0.25) is 0 Å². The van der Waals surface area contributed by atoms with Crippen molar-refractivity contribution in [3.63, 3.8) is 0 Å². The van der Waals surface area contributed by atoms with E-state index in [9.17, 15) is 10.2 Å². The fourth-order valence-electron chi connectivity index (χ4n) is 15.5. The van der Waals surface area contributed by atoms with Crippen LogP contribution in [0.3, 0.4) is 0 Å². The first-order valence-electron chi connectivity index (χ1n) is 38.0. The van der Waals surface area contributed by atoms with Crippen molar-refractivity contribution in [1.29, 1.82) is 0 Å². The Bertz CT molecular complexity index is 4150. The van der Waals surface area contributed by atoms with Crippen LogP contribution in [0.5, 0.6) is 11.5 Å². The number of para-hydroxylation sites is 1. The average molecular weight is 1630 g/mol. The third-order valence-corrected chi connectivity index (χ3v) is 24.2. The molecule has 4 fully saturated rings. The number of nitrogens with zero attached hydrogens (tertiary/aromatic N) is 4. The van der Waals surface area contributed by atoms with Crippen molar-refractivity contribution < 1.29 is 47.8 Å². The summed E-state index contributed by atoms with van der Waals surface area (Å²) >= 11 is 1.07. The van der Waals surface area contributed by atoms with Crippen molar-refractivity contribution in [2.45, 2.75) is 237 Å². The molecule has 0 spiro atoms. The molecule has 4 bridgehead atoms. The molecular formula is C95H122MoN4O2W-4. The maximum atomic E-state index is 12.0. The minimum atomic E-state index is -0.214. The molecule has 2 heterocycles. The van der Waals surface area contributed by atoms with Gasteiger partial charge >= 0.3 is 211 Å². The smallest absolute Gasteiger partial charge is 0.131 e. The van der Waals surface area contributed by atoms with E-state index >= 15 is 0 Å². The number of aromatic nitrogens is 2. The summed E-state index contributed by atoms with van der Waals surface area (Å²) < 4.78 is 12.3. The summed E-state index contributed by atoms with van der Waals surface area (Å²) in [6.45, 7) is 53.6. The molecule has 550 valence electrons. The van der Waals surface area contributed by atoms with Gasteiger partial charge in [-0.05, 0) is 146 Å². The number of benzene rings is 8. The van der Waals surface area contributed by atoms with E-state index < -0.39 is 0 Å².